The van der Waals surface area contributed by atoms with E-state index in [-0.39, 0.29) is 11.6 Å². The van der Waals surface area contributed by atoms with E-state index in [9.17, 15) is 9.18 Å². The van der Waals surface area contributed by atoms with Crippen molar-refractivity contribution in [1.82, 2.24) is 14.8 Å². The Morgan fingerprint density at radius 2 is 2.24 bits per heavy atom. The van der Waals surface area contributed by atoms with Crippen molar-refractivity contribution in [2.45, 2.75) is 25.0 Å². The van der Waals surface area contributed by atoms with Gasteiger partial charge >= 0.3 is 5.97 Å². The summed E-state index contributed by atoms with van der Waals surface area (Å²) in [4.78, 5) is 10.7. The largest absolute Gasteiger partial charge is 0.481 e. The van der Waals surface area contributed by atoms with Crippen LogP contribution in [-0.4, -0.2) is 31.6 Å². The third-order valence-electron chi connectivity index (χ3n) is 2.68. The third-order valence-corrected chi connectivity index (χ3v) is 4.44. The number of aliphatic carboxylic acids is 1. The molecule has 0 unspecified atom stereocenters. The Bertz CT molecular complexity index is 663. The highest BCUT2D eigenvalue weighted by Gasteiger charge is 2.18. The van der Waals surface area contributed by atoms with Gasteiger partial charge in [0.2, 0.25) is 0 Å². The van der Waals surface area contributed by atoms with Crippen molar-refractivity contribution in [3.05, 3.63) is 28.5 Å². The van der Waals surface area contributed by atoms with Crippen molar-refractivity contribution in [3.8, 4) is 11.4 Å². The zero-order chi connectivity index (χ0) is 15.4. The fraction of sp³-hybridized carbons (Fsp3) is 0.308. The first-order valence-electron chi connectivity index (χ1n) is 6.26. The van der Waals surface area contributed by atoms with Crippen LogP contribution in [0, 0.1) is 5.82 Å². The average molecular weight is 374 g/mol. The van der Waals surface area contributed by atoms with Crippen LogP contribution in [0.25, 0.3) is 11.4 Å². The number of aromatic nitrogens is 3. The molecule has 1 aromatic carbocycles. The smallest absolute Gasteiger partial charge is 0.313 e. The highest BCUT2D eigenvalue weighted by Crippen LogP contribution is 2.31. The summed E-state index contributed by atoms with van der Waals surface area (Å²) in [5, 5.41) is 17.4. The van der Waals surface area contributed by atoms with Crippen LogP contribution >= 0.6 is 27.7 Å². The molecule has 0 radical (unpaired) electrons. The molecule has 2 rings (SSSR count). The van der Waals surface area contributed by atoms with Gasteiger partial charge in [-0.15, -0.1) is 10.2 Å². The maximum absolute atomic E-state index is 13.7. The van der Waals surface area contributed by atoms with Gasteiger partial charge in [0.15, 0.2) is 11.0 Å². The van der Waals surface area contributed by atoms with E-state index in [4.69, 9.17) is 5.11 Å². The van der Waals surface area contributed by atoms with Crippen LogP contribution in [0.1, 0.15) is 13.3 Å². The number of carboxylic acids is 1. The van der Waals surface area contributed by atoms with E-state index in [1.165, 1.54) is 6.07 Å². The zero-order valence-corrected chi connectivity index (χ0v) is 13.6. The third kappa shape index (κ3) is 3.62. The molecule has 0 aliphatic carbocycles. The molecule has 5 nitrogen and oxygen atoms in total. The fourth-order valence-corrected chi connectivity index (χ4v) is 2.95. The number of hydrogen-bond donors (Lipinski definition) is 1. The summed E-state index contributed by atoms with van der Waals surface area (Å²) >= 11 is 4.32. The van der Waals surface area contributed by atoms with E-state index in [0.29, 0.717) is 27.6 Å². The molecule has 21 heavy (non-hydrogen) atoms. The van der Waals surface area contributed by atoms with Crippen molar-refractivity contribution >= 4 is 33.7 Å². The van der Waals surface area contributed by atoms with E-state index in [2.05, 4.69) is 26.1 Å². The minimum Gasteiger partial charge on any atom is -0.481 e. The Balaban J connectivity index is 2.43. The molecule has 0 aliphatic rings. The van der Waals surface area contributed by atoms with Crippen molar-refractivity contribution in [2.75, 3.05) is 5.75 Å². The fourth-order valence-electron chi connectivity index (χ4n) is 1.82. The predicted octanol–water partition coefficient (Wildman–Crippen LogP) is 3.43. The van der Waals surface area contributed by atoms with Crippen molar-refractivity contribution in [3.63, 3.8) is 0 Å². The van der Waals surface area contributed by atoms with E-state index < -0.39 is 5.97 Å². The van der Waals surface area contributed by atoms with Gasteiger partial charge < -0.3 is 9.67 Å². The average Bonchev–Trinajstić information content (AvgIpc) is 2.83. The summed E-state index contributed by atoms with van der Waals surface area (Å²) in [6.07, 6.45) is 0.832. The minimum absolute atomic E-state index is 0.0911. The van der Waals surface area contributed by atoms with Crippen LogP contribution in [-0.2, 0) is 11.3 Å². The normalized spacial score (nSPS) is 10.8. The van der Waals surface area contributed by atoms with Gasteiger partial charge in [-0.3, -0.25) is 4.79 Å². The van der Waals surface area contributed by atoms with E-state index in [1.807, 2.05) is 11.5 Å². The highest BCUT2D eigenvalue weighted by atomic mass is 79.9. The van der Waals surface area contributed by atoms with Crippen molar-refractivity contribution in [1.29, 1.82) is 0 Å². The Labute approximate surface area is 133 Å². The maximum Gasteiger partial charge on any atom is 0.313 e. The van der Waals surface area contributed by atoms with Gasteiger partial charge in [0.25, 0.3) is 0 Å². The van der Waals surface area contributed by atoms with Crippen molar-refractivity contribution < 1.29 is 14.3 Å². The molecule has 0 amide bonds. The van der Waals surface area contributed by atoms with Gasteiger partial charge in [0, 0.05) is 12.1 Å². The molecule has 2 aromatic rings. The lowest BCUT2D eigenvalue weighted by Gasteiger charge is -2.09. The number of carbonyl (C=O) groups is 1. The Kier molecular flexibility index (Phi) is 5.35. The minimum atomic E-state index is -0.917. The summed E-state index contributed by atoms with van der Waals surface area (Å²) in [5.74, 6) is -0.861. The van der Waals surface area contributed by atoms with Crippen LogP contribution in [0.15, 0.2) is 27.8 Å². The number of rotatable bonds is 6. The number of nitrogens with zero attached hydrogens (tertiary/aromatic N) is 3. The first-order chi connectivity index (χ1) is 10.0. The lowest BCUT2D eigenvalue weighted by molar-refractivity contribution is -0.133. The number of benzene rings is 1. The van der Waals surface area contributed by atoms with Crippen LogP contribution in [0.4, 0.5) is 4.39 Å². The second-order valence-electron chi connectivity index (χ2n) is 4.24. The standard InChI is InChI=1S/C13H13BrFN3O2S/c1-2-6-18-12(8-4-3-5-9(15)11(8)14)16-17-13(18)21-7-10(19)20/h3-5H,2,6-7H2,1H3,(H,19,20). The Hall–Kier alpha value is -1.41. The molecular formula is C13H13BrFN3O2S. The molecule has 1 N–H and O–H groups in total. The number of carboxylic acid groups (broad SMARTS) is 1. The predicted molar refractivity (Wildman–Crippen MR) is 81.8 cm³/mol. The molecular weight excluding hydrogens is 361 g/mol. The van der Waals surface area contributed by atoms with Gasteiger partial charge in [-0.25, -0.2) is 4.39 Å². The lowest BCUT2D eigenvalue weighted by Crippen LogP contribution is -2.05. The molecule has 0 spiro atoms. The topological polar surface area (TPSA) is 68.0 Å². The van der Waals surface area contributed by atoms with Gasteiger partial charge in [0.1, 0.15) is 5.82 Å². The molecule has 1 heterocycles. The first kappa shape index (κ1) is 16.0. The number of thioether (sulfide) groups is 1. The van der Waals surface area contributed by atoms with Crippen molar-refractivity contribution in [2.24, 2.45) is 0 Å². The number of halogens is 2. The lowest BCUT2D eigenvalue weighted by atomic mass is 10.2. The van der Waals surface area contributed by atoms with Crippen LogP contribution in [0.3, 0.4) is 0 Å². The monoisotopic (exact) mass is 373 g/mol. The van der Waals surface area contributed by atoms with E-state index in [0.717, 1.165) is 18.2 Å². The molecule has 0 saturated carbocycles. The van der Waals surface area contributed by atoms with E-state index in [1.54, 1.807) is 12.1 Å². The first-order valence-corrected chi connectivity index (χ1v) is 8.04. The molecule has 0 fully saturated rings. The summed E-state index contributed by atoms with van der Waals surface area (Å²) in [5.41, 5.74) is 0.595. The van der Waals surface area contributed by atoms with Gasteiger partial charge in [-0.05, 0) is 34.5 Å². The number of hydrogen-bond acceptors (Lipinski definition) is 4. The molecule has 1 aromatic heterocycles. The molecule has 0 bridgehead atoms. The summed E-state index contributed by atoms with van der Waals surface area (Å²) in [6, 6.07) is 4.70. The summed E-state index contributed by atoms with van der Waals surface area (Å²) < 4.78 is 15.8. The van der Waals surface area contributed by atoms with Gasteiger partial charge in [-0.1, -0.05) is 24.8 Å². The molecule has 0 atom stereocenters. The van der Waals surface area contributed by atoms with E-state index >= 15 is 0 Å². The Morgan fingerprint density at radius 1 is 1.48 bits per heavy atom. The Morgan fingerprint density at radius 3 is 2.90 bits per heavy atom. The molecule has 0 aliphatic heterocycles. The summed E-state index contributed by atoms with van der Waals surface area (Å²) in [7, 11) is 0. The zero-order valence-electron chi connectivity index (χ0n) is 11.2. The van der Waals surface area contributed by atoms with Crippen LogP contribution in [0.5, 0.6) is 0 Å². The highest BCUT2D eigenvalue weighted by molar-refractivity contribution is 9.10. The summed E-state index contributed by atoms with van der Waals surface area (Å²) in [6.45, 7) is 2.63. The maximum atomic E-state index is 13.7. The molecule has 0 saturated heterocycles. The van der Waals surface area contributed by atoms with Gasteiger partial charge in [0.05, 0.1) is 10.2 Å². The van der Waals surface area contributed by atoms with Crippen LogP contribution in [0.2, 0.25) is 0 Å². The SMILES string of the molecule is CCCn1c(SCC(=O)O)nnc1-c1cccc(F)c1Br. The molecule has 112 valence electrons. The van der Waals surface area contributed by atoms with Crippen LogP contribution < -0.4 is 0 Å². The quantitative estimate of drug-likeness (QED) is 0.785. The van der Waals surface area contributed by atoms with Gasteiger partial charge in [-0.2, -0.15) is 0 Å². The molecule has 8 heteroatoms. The second-order valence-corrected chi connectivity index (χ2v) is 5.98. The second kappa shape index (κ2) is 7.04.